The van der Waals surface area contributed by atoms with Crippen molar-refractivity contribution < 1.29 is 22.5 Å². The summed E-state index contributed by atoms with van der Waals surface area (Å²) in [5.41, 5.74) is -0.390. The molecule has 3 rings (SSSR count). The fourth-order valence-electron chi connectivity index (χ4n) is 2.61. The van der Waals surface area contributed by atoms with Crippen LogP contribution in [0.1, 0.15) is 27.7 Å². The Kier molecular flexibility index (Phi) is 3.72. The minimum absolute atomic E-state index is 0.301. The summed E-state index contributed by atoms with van der Waals surface area (Å²) < 4.78 is 52.2. The molecule has 2 aromatic rings. The van der Waals surface area contributed by atoms with Crippen LogP contribution in [0, 0.1) is 5.82 Å². The first-order valence-electron chi connectivity index (χ1n) is 7.39. The van der Waals surface area contributed by atoms with Crippen molar-refractivity contribution >= 4 is 23.5 Å². The Labute approximate surface area is 132 Å². The van der Waals surface area contributed by atoms with Crippen molar-refractivity contribution in [3.63, 3.8) is 0 Å². The molecule has 0 aliphatic carbocycles. The number of rotatable bonds is 3. The Hall–Kier alpha value is -1.54. The van der Waals surface area contributed by atoms with Crippen LogP contribution in [0.3, 0.4) is 0 Å². The van der Waals surface area contributed by atoms with Crippen LogP contribution >= 0.6 is 0 Å². The van der Waals surface area contributed by atoms with E-state index in [1.54, 1.807) is 0 Å². The molecule has 0 spiro atoms. The van der Waals surface area contributed by atoms with Crippen LogP contribution < -0.4 is 5.46 Å². The maximum Gasteiger partial charge on any atom is 0.495 e. The molecular formula is C15H18BF3N2O2. The minimum atomic E-state index is -2.57. The van der Waals surface area contributed by atoms with E-state index in [4.69, 9.17) is 9.31 Å². The molecule has 0 bridgehead atoms. The van der Waals surface area contributed by atoms with Crippen LogP contribution in [0.15, 0.2) is 18.3 Å². The number of nitrogens with zero attached hydrogens (tertiary/aromatic N) is 2. The second kappa shape index (κ2) is 5.24. The molecule has 8 heteroatoms. The van der Waals surface area contributed by atoms with Crippen LogP contribution in [0.4, 0.5) is 13.2 Å². The number of halogens is 3. The van der Waals surface area contributed by atoms with Crippen molar-refractivity contribution in [1.29, 1.82) is 0 Å². The van der Waals surface area contributed by atoms with E-state index in [1.807, 2.05) is 27.7 Å². The lowest BCUT2D eigenvalue weighted by Gasteiger charge is -2.32. The highest BCUT2D eigenvalue weighted by Crippen LogP contribution is 2.37. The van der Waals surface area contributed by atoms with Crippen LogP contribution in [0.5, 0.6) is 0 Å². The summed E-state index contributed by atoms with van der Waals surface area (Å²) in [6.45, 7) is 6.98. The number of alkyl halides is 2. The molecule has 0 radical (unpaired) electrons. The van der Waals surface area contributed by atoms with Gasteiger partial charge in [-0.05, 0) is 45.3 Å². The third kappa shape index (κ3) is 2.74. The van der Waals surface area contributed by atoms with Crippen LogP contribution in [-0.4, -0.2) is 34.5 Å². The van der Waals surface area contributed by atoms with Gasteiger partial charge in [0.25, 0.3) is 6.43 Å². The summed E-state index contributed by atoms with van der Waals surface area (Å²) in [6.07, 6.45) is -1.13. The van der Waals surface area contributed by atoms with Crippen molar-refractivity contribution in [2.24, 2.45) is 0 Å². The molecule has 23 heavy (non-hydrogen) atoms. The highest BCUT2D eigenvalue weighted by molar-refractivity contribution is 6.65. The van der Waals surface area contributed by atoms with Gasteiger partial charge in [0.1, 0.15) is 12.4 Å². The zero-order valence-corrected chi connectivity index (χ0v) is 13.4. The summed E-state index contributed by atoms with van der Waals surface area (Å²) in [5.74, 6) is -0.543. The van der Waals surface area contributed by atoms with Crippen molar-refractivity contribution in [3.8, 4) is 0 Å². The highest BCUT2D eigenvalue weighted by Gasteiger charge is 2.52. The minimum Gasteiger partial charge on any atom is -0.399 e. The van der Waals surface area contributed by atoms with Gasteiger partial charge in [0.15, 0.2) is 0 Å². The Bertz CT molecular complexity index is 730. The van der Waals surface area contributed by atoms with Crippen molar-refractivity contribution in [1.82, 2.24) is 9.78 Å². The summed E-state index contributed by atoms with van der Waals surface area (Å²) in [5, 5.41) is 4.49. The maximum atomic E-state index is 14.0. The zero-order valence-electron chi connectivity index (χ0n) is 13.4. The number of hydrogen-bond donors (Lipinski definition) is 0. The highest BCUT2D eigenvalue weighted by atomic mass is 19.3. The molecular weight excluding hydrogens is 308 g/mol. The largest absolute Gasteiger partial charge is 0.495 e. The van der Waals surface area contributed by atoms with Gasteiger partial charge in [-0.1, -0.05) is 0 Å². The van der Waals surface area contributed by atoms with Crippen molar-refractivity contribution in [2.75, 3.05) is 0 Å². The monoisotopic (exact) mass is 326 g/mol. The van der Waals surface area contributed by atoms with Gasteiger partial charge >= 0.3 is 7.12 Å². The summed E-state index contributed by atoms with van der Waals surface area (Å²) in [7, 11) is -0.776. The Morgan fingerprint density at radius 2 is 1.78 bits per heavy atom. The molecule has 1 aromatic heterocycles. The second-order valence-electron chi connectivity index (χ2n) is 6.73. The molecule has 0 N–H and O–H groups in total. The molecule has 1 aliphatic rings. The first-order chi connectivity index (χ1) is 10.6. The Morgan fingerprint density at radius 3 is 2.35 bits per heavy atom. The molecule has 0 saturated carbocycles. The van der Waals surface area contributed by atoms with E-state index in [9.17, 15) is 13.2 Å². The predicted octanol–water partition coefficient (Wildman–Crippen LogP) is 2.74. The van der Waals surface area contributed by atoms with Gasteiger partial charge in [0.05, 0.1) is 22.9 Å². The van der Waals surface area contributed by atoms with Gasteiger partial charge in [0, 0.05) is 5.39 Å². The summed E-state index contributed by atoms with van der Waals surface area (Å²) >= 11 is 0. The van der Waals surface area contributed by atoms with Gasteiger partial charge in [-0.2, -0.15) is 5.10 Å². The molecule has 0 amide bonds. The third-order valence-corrected chi connectivity index (χ3v) is 4.58. The van der Waals surface area contributed by atoms with Crippen LogP contribution in [0.2, 0.25) is 0 Å². The normalized spacial score (nSPS) is 19.9. The van der Waals surface area contributed by atoms with Gasteiger partial charge in [-0.3, -0.25) is 4.68 Å². The molecule has 2 heterocycles. The fraction of sp³-hybridized carbons (Fsp3) is 0.533. The third-order valence-electron chi connectivity index (χ3n) is 4.58. The van der Waals surface area contributed by atoms with Gasteiger partial charge < -0.3 is 9.31 Å². The Morgan fingerprint density at radius 1 is 1.17 bits per heavy atom. The molecule has 1 aromatic carbocycles. The van der Waals surface area contributed by atoms with E-state index < -0.39 is 37.1 Å². The number of fused-ring (bicyclic) bond motifs is 1. The average molecular weight is 326 g/mol. The smallest absolute Gasteiger partial charge is 0.399 e. The quantitative estimate of drug-likeness (QED) is 0.814. The number of hydrogen-bond acceptors (Lipinski definition) is 3. The van der Waals surface area contributed by atoms with E-state index in [1.165, 1.54) is 18.3 Å². The summed E-state index contributed by atoms with van der Waals surface area (Å²) in [4.78, 5) is 0. The molecule has 124 valence electrons. The molecule has 4 nitrogen and oxygen atoms in total. The van der Waals surface area contributed by atoms with E-state index in [-0.39, 0.29) is 0 Å². The number of aromatic nitrogens is 2. The van der Waals surface area contributed by atoms with Gasteiger partial charge in [-0.15, -0.1) is 0 Å². The molecule has 0 atom stereocenters. The Balaban J connectivity index is 2.07. The predicted molar refractivity (Wildman–Crippen MR) is 81.4 cm³/mol. The standard InChI is InChI=1S/C15H18BF3N2O2/c1-14(2)15(3,4)23-16(22-14)11-5-9(17)6-12-10(11)7-20-21(12)8-13(18)19/h5-7,13H,8H2,1-4H3. The van der Waals surface area contributed by atoms with Crippen molar-refractivity contribution in [3.05, 3.63) is 24.1 Å². The van der Waals surface area contributed by atoms with Gasteiger partial charge in [0.2, 0.25) is 0 Å². The van der Waals surface area contributed by atoms with E-state index in [0.29, 0.717) is 16.4 Å². The first kappa shape index (κ1) is 16.3. The molecule has 0 unspecified atom stereocenters. The van der Waals surface area contributed by atoms with E-state index in [0.717, 1.165) is 4.68 Å². The topological polar surface area (TPSA) is 36.3 Å². The zero-order chi connectivity index (χ0) is 17.0. The molecule has 1 aliphatic heterocycles. The maximum absolute atomic E-state index is 14.0. The van der Waals surface area contributed by atoms with E-state index in [2.05, 4.69) is 5.10 Å². The first-order valence-corrected chi connectivity index (χ1v) is 7.39. The molecule has 1 fully saturated rings. The average Bonchev–Trinajstić information content (AvgIpc) is 2.87. The molecule has 1 saturated heterocycles. The lowest BCUT2D eigenvalue weighted by atomic mass is 9.77. The van der Waals surface area contributed by atoms with Crippen LogP contribution in [-0.2, 0) is 15.9 Å². The van der Waals surface area contributed by atoms with E-state index >= 15 is 0 Å². The SMILES string of the molecule is CC1(C)OB(c2cc(F)cc3c2cnn3CC(F)F)OC1(C)C. The second-order valence-corrected chi connectivity index (χ2v) is 6.73. The number of benzene rings is 1. The van der Waals surface area contributed by atoms with Crippen LogP contribution in [0.25, 0.3) is 10.9 Å². The van der Waals surface area contributed by atoms with Gasteiger partial charge in [-0.25, -0.2) is 13.2 Å². The summed E-state index contributed by atoms with van der Waals surface area (Å²) in [6, 6.07) is 2.50. The lowest BCUT2D eigenvalue weighted by molar-refractivity contribution is 0.00578. The van der Waals surface area contributed by atoms with Crippen molar-refractivity contribution in [2.45, 2.75) is 51.9 Å². The lowest BCUT2D eigenvalue weighted by Crippen LogP contribution is -2.41. The fourth-order valence-corrected chi connectivity index (χ4v) is 2.61.